The number of alkyl halides is 3. The van der Waals surface area contributed by atoms with E-state index in [1.54, 1.807) is 0 Å². The van der Waals surface area contributed by atoms with E-state index in [0.717, 1.165) is 38.8 Å². The zero-order chi connectivity index (χ0) is 17.2. The molecule has 2 saturated heterocycles. The van der Waals surface area contributed by atoms with Crippen LogP contribution in [0, 0.1) is 0 Å². The minimum Gasteiger partial charge on any atom is -0.423 e. The van der Waals surface area contributed by atoms with Gasteiger partial charge < -0.3 is 9.32 Å². The fraction of sp³-hybridized carbons (Fsp3) is 0.800. The topological polar surface area (TPSA) is 62.5 Å². The summed E-state index contributed by atoms with van der Waals surface area (Å²) in [6, 6.07) is -0.161. The molecule has 9 heteroatoms. The molecular weight excluding hydrogens is 325 g/mol. The number of hydrogen-bond donors (Lipinski definition) is 0. The smallest absolute Gasteiger partial charge is 0.397 e. The normalized spacial score (nSPS) is 23.2. The first-order valence-electron chi connectivity index (χ1n) is 8.33. The van der Waals surface area contributed by atoms with E-state index in [2.05, 4.69) is 15.1 Å². The monoisotopic (exact) mass is 346 g/mol. The fourth-order valence-electron chi connectivity index (χ4n) is 3.37. The predicted octanol–water partition coefficient (Wildman–Crippen LogP) is 2.32. The molecule has 0 saturated carbocycles. The SMILES string of the molecule is O=C1CCCN1CCN1CCCC[C@@H]1c1nnc(CC(F)(F)F)o1. The number of piperidine rings is 1. The number of halogens is 3. The van der Waals surface area contributed by atoms with Gasteiger partial charge in [0, 0.05) is 26.1 Å². The molecule has 3 heterocycles. The highest BCUT2D eigenvalue weighted by molar-refractivity contribution is 5.78. The average Bonchev–Trinajstić information content (AvgIpc) is 3.13. The number of carbonyl (C=O) groups excluding carboxylic acids is 1. The second-order valence-corrected chi connectivity index (χ2v) is 6.36. The van der Waals surface area contributed by atoms with E-state index in [1.165, 1.54) is 0 Å². The number of hydrogen-bond acceptors (Lipinski definition) is 5. The number of amides is 1. The van der Waals surface area contributed by atoms with Gasteiger partial charge in [0.05, 0.1) is 6.04 Å². The molecule has 2 aliphatic rings. The molecule has 3 rings (SSSR count). The van der Waals surface area contributed by atoms with E-state index in [-0.39, 0.29) is 17.8 Å². The molecule has 1 aromatic rings. The molecule has 6 nitrogen and oxygen atoms in total. The van der Waals surface area contributed by atoms with Crippen LogP contribution in [0.4, 0.5) is 13.2 Å². The van der Waals surface area contributed by atoms with Crippen molar-refractivity contribution < 1.29 is 22.4 Å². The van der Waals surface area contributed by atoms with Gasteiger partial charge in [-0.25, -0.2) is 0 Å². The van der Waals surface area contributed by atoms with E-state index >= 15 is 0 Å². The van der Waals surface area contributed by atoms with Crippen molar-refractivity contribution in [1.82, 2.24) is 20.0 Å². The highest BCUT2D eigenvalue weighted by atomic mass is 19.4. The summed E-state index contributed by atoms with van der Waals surface area (Å²) in [4.78, 5) is 15.7. The Morgan fingerprint density at radius 3 is 2.67 bits per heavy atom. The van der Waals surface area contributed by atoms with Gasteiger partial charge in [-0.2, -0.15) is 13.2 Å². The zero-order valence-corrected chi connectivity index (χ0v) is 13.4. The number of aromatic nitrogens is 2. The van der Waals surface area contributed by atoms with Crippen LogP contribution in [-0.4, -0.2) is 58.3 Å². The summed E-state index contributed by atoms with van der Waals surface area (Å²) in [7, 11) is 0. The Bertz CT molecular complexity index is 575. The number of nitrogens with zero attached hydrogens (tertiary/aromatic N) is 4. The second kappa shape index (κ2) is 7.08. The number of likely N-dealkylation sites (tertiary alicyclic amines) is 2. The Morgan fingerprint density at radius 2 is 1.96 bits per heavy atom. The largest absolute Gasteiger partial charge is 0.423 e. The van der Waals surface area contributed by atoms with Crippen LogP contribution in [-0.2, 0) is 11.2 Å². The van der Waals surface area contributed by atoms with E-state index in [9.17, 15) is 18.0 Å². The molecular formula is C15H21F3N4O2. The summed E-state index contributed by atoms with van der Waals surface area (Å²) in [5.74, 6) is 0.0354. The summed E-state index contributed by atoms with van der Waals surface area (Å²) in [6.07, 6.45) is -1.28. The van der Waals surface area contributed by atoms with E-state index in [1.807, 2.05) is 4.90 Å². The van der Waals surface area contributed by atoms with Gasteiger partial charge in [0.25, 0.3) is 0 Å². The van der Waals surface area contributed by atoms with Crippen LogP contribution in [0.3, 0.4) is 0 Å². The summed E-state index contributed by atoms with van der Waals surface area (Å²) < 4.78 is 42.5. The molecule has 134 valence electrons. The van der Waals surface area contributed by atoms with Gasteiger partial charge in [-0.3, -0.25) is 9.69 Å². The van der Waals surface area contributed by atoms with Crippen molar-refractivity contribution in [3.05, 3.63) is 11.8 Å². The van der Waals surface area contributed by atoms with Gasteiger partial charge in [-0.1, -0.05) is 6.42 Å². The van der Waals surface area contributed by atoms with Crippen molar-refractivity contribution in [2.75, 3.05) is 26.2 Å². The quantitative estimate of drug-likeness (QED) is 0.819. The third kappa shape index (κ3) is 4.25. The van der Waals surface area contributed by atoms with Crippen LogP contribution < -0.4 is 0 Å². The minimum atomic E-state index is -4.35. The van der Waals surface area contributed by atoms with E-state index < -0.39 is 18.5 Å². The first-order valence-corrected chi connectivity index (χ1v) is 8.33. The van der Waals surface area contributed by atoms with Crippen molar-refractivity contribution in [1.29, 1.82) is 0 Å². The van der Waals surface area contributed by atoms with Crippen molar-refractivity contribution in [3.8, 4) is 0 Å². The second-order valence-electron chi connectivity index (χ2n) is 6.36. The Kier molecular flexibility index (Phi) is 5.07. The van der Waals surface area contributed by atoms with E-state index in [0.29, 0.717) is 19.5 Å². The lowest BCUT2D eigenvalue weighted by molar-refractivity contribution is -0.131. The van der Waals surface area contributed by atoms with Crippen molar-refractivity contribution in [2.24, 2.45) is 0 Å². The Labute approximate surface area is 138 Å². The maximum Gasteiger partial charge on any atom is 0.397 e. The average molecular weight is 346 g/mol. The Balaban J connectivity index is 1.62. The van der Waals surface area contributed by atoms with Crippen LogP contribution in [0.15, 0.2) is 4.42 Å². The molecule has 0 radical (unpaired) electrons. The molecule has 2 fully saturated rings. The summed E-state index contributed by atoms with van der Waals surface area (Å²) in [6.45, 7) is 2.92. The Morgan fingerprint density at radius 1 is 1.12 bits per heavy atom. The number of carbonyl (C=O) groups is 1. The van der Waals surface area contributed by atoms with E-state index in [4.69, 9.17) is 4.42 Å². The van der Waals surface area contributed by atoms with Gasteiger partial charge in [0.15, 0.2) is 0 Å². The molecule has 1 amide bonds. The van der Waals surface area contributed by atoms with Crippen molar-refractivity contribution in [3.63, 3.8) is 0 Å². The first kappa shape index (κ1) is 17.2. The van der Waals surface area contributed by atoms with Gasteiger partial charge in [-0.15, -0.1) is 10.2 Å². The van der Waals surface area contributed by atoms with Gasteiger partial charge >= 0.3 is 6.18 Å². The molecule has 1 aromatic heterocycles. The minimum absolute atomic E-state index is 0.161. The third-order valence-corrected chi connectivity index (χ3v) is 4.56. The highest BCUT2D eigenvalue weighted by Gasteiger charge is 2.33. The maximum absolute atomic E-state index is 12.4. The molecule has 0 aromatic carbocycles. The van der Waals surface area contributed by atoms with Crippen LogP contribution in [0.2, 0.25) is 0 Å². The first-order chi connectivity index (χ1) is 11.4. The van der Waals surface area contributed by atoms with Crippen LogP contribution in [0.25, 0.3) is 0 Å². The molecule has 2 aliphatic heterocycles. The third-order valence-electron chi connectivity index (χ3n) is 4.56. The lowest BCUT2D eigenvalue weighted by Gasteiger charge is -2.34. The predicted molar refractivity (Wildman–Crippen MR) is 78.0 cm³/mol. The summed E-state index contributed by atoms with van der Waals surface area (Å²) in [5.41, 5.74) is 0. The summed E-state index contributed by atoms with van der Waals surface area (Å²) in [5, 5.41) is 7.36. The fourth-order valence-corrected chi connectivity index (χ4v) is 3.37. The lowest BCUT2D eigenvalue weighted by atomic mass is 10.0. The van der Waals surface area contributed by atoms with Gasteiger partial charge in [-0.05, 0) is 25.8 Å². The lowest BCUT2D eigenvalue weighted by Crippen LogP contribution is -2.40. The van der Waals surface area contributed by atoms with Crippen molar-refractivity contribution >= 4 is 5.91 Å². The van der Waals surface area contributed by atoms with Crippen LogP contribution in [0.5, 0.6) is 0 Å². The number of rotatable bonds is 5. The molecule has 0 N–H and O–H groups in total. The van der Waals surface area contributed by atoms with Gasteiger partial charge in [0.2, 0.25) is 17.7 Å². The molecule has 1 atom stereocenters. The molecule has 24 heavy (non-hydrogen) atoms. The van der Waals surface area contributed by atoms with Crippen molar-refractivity contribution in [2.45, 2.75) is 50.7 Å². The molecule has 0 unspecified atom stereocenters. The van der Waals surface area contributed by atoms with Crippen LogP contribution >= 0.6 is 0 Å². The highest BCUT2D eigenvalue weighted by Crippen LogP contribution is 2.31. The summed E-state index contributed by atoms with van der Waals surface area (Å²) >= 11 is 0. The molecule has 0 aliphatic carbocycles. The maximum atomic E-state index is 12.4. The Hall–Kier alpha value is -1.64. The molecule has 0 spiro atoms. The zero-order valence-electron chi connectivity index (χ0n) is 13.4. The standard InChI is InChI=1S/C15H21F3N4O2/c16-15(17,18)10-12-19-20-14(24-12)11-4-1-2-6-21(11)8-9-22-7-3-5-13(22)23/h11H,1-10H2/t11-/m1/s1. The van der Waals surface area contributed by atoms with Gasteiger partial charge in [0.1, 0.15) is 6.42 Å². The van der Waals surface area contributed by atoms with Crippen LogP contribution in [0.1, 0.15) is 49.9 Å². The molecule has 0 bridgehead atoms.